The van der Waals surface area contributed by atoms with E-state index in [1.807, 2.05) is 13.8 Å². The molecule has 0 aliphatic carbocycles. The van der Waals surface area contributed by atoms with Crippen LogP contribution in [-0.4, -0.2) is 52.8 Å². The van der Waals surface area contributed by atoms with Crippen LogP contribution in [0.1, 0.15) is 38.7 Å². The van der Waals surface area contributed by atoms with Gasteiger partial charge in [-0.2, -0.15) is 0 Å². The van der Waals surface area contributed by atoms with Gasteiger partial charge in [-0.3, -0.25) is 9.59 Å². The van der Waals surface area contributed by atoms with Crippen LogP contribution in [0.25, 0.3) is 0 Å². The van der Waals surface area contributed by atoms with E-state index in [-0.39, 0.29) is 18.8 Å². The summed E-state index contributed by atoms with van der Waals surface area (Å²) >= 11 is 0. The molecule has 1 amide bonds. The lowest BCUT2D eigenvalue weighted by Gasteiger charge is -2.30. The Kier molecular flexibility index (Phi) is 9.92. The van der Waals surface area contributed by atoms with E-state index in [1.54, 1.807) is 31.4 Å². The molecule has 8 heteroatoms. The van der Waals surface area contributed by atoms with E-state index in [4.69, 9.17) is 15.2 Å². The number of aliphatic hydroxyl groups excluding tert-OH is 2. The molecule has 0 bridgehead atoms. The number of benzene rings is 1. The zero-order chi connectivity index (χ0) is 21.3. The van der Waals surface area contributed by atoms with Crippen molar-refractivity contribution in [3.63, 3.8) is 0 Å². The maximum Gasteiger partial charge on any atom is 0.306 e. The van der Waals surface area contributed by atoms with Crippen molar-refractivity contribution in [2.75, 3.05) is 7.11 Å². The zero-order valence-electron chi connectivity index (χ0n) is 16.6. The molecule has 1 aromatic rings. The van der Waals surface area contributed by atoms with Crippen LogP contribution in [-0.2, 0) is 20.7 Å². The van der Waals surface area contributed by atoms with Crippen LogP contribution < -0.4 is 10.5 Å². The predicted octanol–water partition coefficient (Wildman–Crippen LogP) is 0.749. The summed E-state index contributed by atoms with van der Waals surface area (Å²) in [7, 11) is 1.55. The molecule has 0 saturated carbocycles. The number of methoxy groups -OCH3 is 1. The lowest BCUT2D eigenvalue weighted by molar-refractivity contribution is -0.184. The van der Waals surface area contributed by atoms with Gasteiger partial charge < -0.3 is 30.5 Å². The number of hydrogen-bond donors (Lipinski definition) is 4. The molecule has 0 aliphatic heterocycles. The summed E-state index contributed by atoms with van der Waals surface area (Å²) in [4.78, 5) is 23.9. The van der Waals surface area contributed by atoms with Crippen LogP contribution in [0.5, 0.6) is 5.75 Å². The Morgan fingerprint density at radius 1 is 1.07 bits per heavy atom. The van der Waals surface area contributed by atoms with Crippen molar-refractivity contribution >= 4 is 11.9 Å². The number of aryl methyl sites for hydroxylation is 1. The lowest BCUT2D eigenvalue weighted by atomic mass is 9.89. The van der Waals surface area contributed by atoms with Gasteiger partial charge in [0.25, 0.3) is 5.91 Å². The topological polar surface area (TPSA) is 139 Å². The van der Waals surface area contributed by atoms with Crippen molar-refractivity contribution in [3.05, 3.63) is 29.8 Å². The molecule has 28 heavy (non-hydrogen) atoms. The van der Waals surface area contributed by atoms with Crippen molar-refractivity contribution in [1.29, 1.82) is 0 Å². The minimum absolute atomic E-state index is 0.0353. The molecule has 0 saturated heterocycles. The Morgan fingerprint density at radius 2 is 1.68 bits per heavy atom. The smallest absolute Gasteiger partial charge is 0.306 e. The first-order valence-corrected chi connectivity index (χ1v) is 9.31. The standard InChI is InChI=1S/C20H31NO7/c1-12(2)4-10-15(22)17(20(25)26)18(19(21)24)28-16(23)11-7-13-5-8-14(27-3)9-6-13/h5-6,8-9,12,15,17-18,20,22,25-26H,4,7,10-11H2,1-3H3,(H2,21,24). The van der Waals surface area contributed by atoms with E-state index in [2.05, 4.69) is 0 Å². The lowest BCUT2D eigenvalue weighted by Crippen LogP contribution is -2.49. The van der Waals surface area contributed by atoms with Crippen molar-refractivity contribution in [1.82, 2.24) is 0 Å². The normalized spacial score (nSPS) is 14.6. The van der Waals surface area contributed by atoms with E-state index in [9.17, 15) is 24.9 Å². The maximum absolute atomic E-state index is 12.2. The largest absolute Gasteiger partial charge is 0.497 e. The van der Waals surface area contributed by atoms with E-state index in [1.165, 1.54) is 0 Å². The number of esters is 1. The maximum atomic E-state index is 12.2. The molecule has 3 unspecified atom stereocenters. The van der Waals surface area contributed by atoms with E-state index in [0.717, 1.165) is 5.56 Å². The summed E-state index contributed by atoms with van der Waals surface area (Å²) in [6.45, 7) is 3.89. The molecular weight excluding hydrogens is 366 g/mol. The third-order valence-corrected chi connectivity index (χ3v) is 4.49. The van der Waals surface area contributed by atoms with Gasteiger partial charge in [0, 0.05) is 6.42 Å². The number of carbonyl (C=O) groups excluding carboxylic acids is 2. The van der Waals surface area contributed by atoms with Crippen LogP contribution in [0.3, 0.4) is 0 Å². The molecule has 0 aliphatic rings. The second-order valence-corrected chi connectivity index (χ2v) is 7.19. The van der Waals surface area contributed by atoms with Gasteiger partial charge >= 0.3 is 5.97 Å². The van der Waals surface area contributed by atoms with Gasteiger partial charge in [0.15, 0.2) is 12.4 Å². The summed E-state index contributed by atoms with van der Waals surface area (Å²) in [5.74, 6) is -2.22. The number of rotatable bonds is 12. The molecular formula is C20H31NO7. The molecule has 3 atom stereocenters. The van der Waals surface area contributed by atoms with Crippen molar-refractivity contribution in [3.8, 4) is 5.75 Å². The Labute approximate surface area is 165 Å². The minimum atomic E-state index is -2.06. The summed E-state index contributed by atoms with van der Waals surface area (Å²) in [5.41, 5.74) is 6.16. The number of hydrogen-bond acceptors (Lipinski definition) is 7. The quantitative estimate of drug-likeness (QED) is 0.301. The van der Waals surface area contributed by atoms with Crippen molar-refractivity contribution < 1.29 is 34.4 Å². The van der Waals surface area contributed by atoms with Crippen LogP contribution >= 0.6 is 0 Å². The molecule has 0 heterocycles. The third-order valence-electron chi connectivity index (χ3n) is 4.49. The first kappa shape index (κ1) is 23.9. The molecule has 0 radical (unpaired) electrons. The van der Waals surface area contributed by atoms with Crippen LogP contribution in [0.4, 0.5) is 0 Å². The Bertz CT molecular complexity index is 615. The first-order chi connectivity index (χ1) is 13.1. The van der Waals surface area contributed by atoms with E-state index < -0.39 is 36.3 Å². The van der Waals surface area contributed by atoms with Crippen LogP contribution in [0, 0.1) is 11.8 Å². The second kappa shape index (κ2) is 11.6. The SMILES string of the molecule is COc1ccc(CCC(=O)OC(C(N)=O)C(C(O)O)C(O)CCC(C)C)cc1. The van der Waals surface area contributed by atoms with Crippen molar-refractivity contribution in [2.24, 2.45) is 17.6 Å². The van der Waals surface area contributed by atoms with E-state index in [0.29, 0.717) is 18.6 Å². The molecule has 158 valence electrons. The molecule has 8 nitrogen and oxygen atoms in total. The van der Waals surface area contributed by atoms with Gasteiger partial charge in [0.05, 0.1) is 19.1 Å². The second-order valence-electron chi connectivity index (χ2n) is 7.19. The van der Waals surface area contributed by atoms with Gasteiger partial charge in [0.2, 0.25) is 0 Å². The average molecular weight is 397 g/mol. The fraction of sp³-hybridized carbons (Fsp3) is 0.600. The van der Waals surface area contributed by atoms with Gasteiger partial charge in [-0.05, 0) is 42.9 Å². The highest BCUT2D eigenvalue weighted by molar-refractivity contribution is 5.82. The highest BCUT2D eigenvalue weighted by Crippen LogP contribution is 2.22. The summed E-state index contributed by atoms with van der Waals surface area (Å²) in [6.07, 6.45) is -3.81. The monoisotopic (exact) mass is 397 g/mol. The fourth-order valence-corrected chi connectivity index (χ4v) is 2.82. The Morgan fingerprint density at radius 3 is 2.14 bits per heavy atom. The molecule has 1 aromatic carbocycles. The van der Waals surface area contributed by atoms with Gasteiger partial charge in [-0.15, -0.1) is 0 Å². The molecule has 0 fully saturated rings. The number of amides is 1. The summed E-state index contributed by atoms with van der Waals surface area (Å²) < 4.78 is 10.2. The Hall–Kier alpha value is -2.16. The van der Waals surface area contributed by atoms with Gasteiger partial charge in [0.1, 0.15) is 5.75 Å². The number of ether oxygens (including phenoxy) is 2. The average Bonchev–Trinajstić information content (AvgIpc) is 2.64. The van der Waals surface area contributed by atoms with Crippen LogP contribution in [0.2, 0.25) is 0 Å². The van der Waals surface area contributed by atoms with Gasteiger partial charge in [-0.1, -0.05) is 26.0 Å². The minimum Gasteiger partial charge on any atom is -0.497 e. The van der Waals surface area contributed by atoms with Crippen LogP contribution in [0.15, 0.2) is 24.3 Å². The fourth-order valence-electron chi connectivity index (χ4n) is 2.82. The highest BCUT2D eigenvalue weighted by Gasteiger charge is 2.39. The zero-order valence-corrected chi connectivity index (χ0v) is 16.6. The van der Waals surface area contributed by atoms with E-state index >= 15 is 0 Å². The van der Waals surface area contributed by atoms with Gasteiger partial charge in [-0.25, -0.2) is 0 Å². The molecule has 5 N–H and O–H groups in total. The molecule has 1 rings (SSSR count). The number of carbonyl (C=O) groups is 2. The first-order valence-electron chi connectivity index (χ1n) is 9.31. The van der Waals surface area contributed by atoms with Crippen molar-refractivity contribution in [2.45, 2.75) is 58.0 Å². The summed E-state index contributed by atoms with van der Waals surface area (Å²) in [6, 6.07) is 7.12. The molecule has 0 spiro atoms. The Balaban J connectivity index is 2.73. The number of nitrogens with two attached hydrogens (primary N) is 1. The third kappa shape index (κ3) is 7.84. The predicted molar refractivity (Wildman–Crippen MR) is 102 cm³/mol. The number of primary amides is 1. The number of aliphatic hydroxyl groups is 3. The summed E-state index contributed by atoms with van der Waals surface area (Å²) in [5, 5.41) is 29.5. The molecule has 0 aromatic heterocycles. The highest BCUT2D eigenvalue weighted by atomic mass is 16.6.